The van der Waals surface area contributed by atoms with Crippen molar-refractivity contribution >= 4 is 52.9 Å². The Morgan fingerprint density at radius 2 is 1.85 bits per heavy atom. The van der Waals surface area contributed by atoms with E-state index in [1.807, 2.05) is 54.1 Å². The van der Waals surface area contributed by atoms with Crippen molar-refractivity contribution < 1.29 is 4.52 Å². The summed E-state index contributed by atoms with van der Waals surface area (Å²) in [7, 11) is 0. The third-order valence-corrected chi connectivity index (χ3v) is 10.1. The van der Waals surface area contributed by atoms with Crippen LogP contribution in [0.15, 0.2) is 65.2 Å². The highest BCUT2D eigenvalue weighted by Gasteiger charge is 2.43. The van der Waals surface area contributed by atoms with E-state index >= 15 is 0 Å². The van der Waals surface area contributed by atoms with E-state index < -0.39 is 6.42 Å². The van der Waals surface area contributed by atoms with Gasteiger partial charge in [0.2, 0.25) is 12.3 Å². The molecule has 0 bridgehead atoms. The molecule has 0 aliphatic carbocycles. The van der Waals surface area contributed by atoms with E-state index in [0.29, 0.717) is 16.4 Å². The quantitative estimate of drug-likeness (QED) is 0.353. The molecule has 9 heteroatoms. The molecule has 0 N–H and O–H groups in total. The van der Waals surface area contributed by atoms with Gasteiger partial charge in [0.05, 0.1) is 11.4 Å². The van der Waals surface area contributed by atoms with E-state index in [4.69, 9.17) is 38.0 Å². The van der Waals surface area contributed by atoms with Crippen molar-refractivity contribution in [3.05, 3.63) is 76.5 Å². The first-order valence-corrected chi connectivity index (χ1v) is 13.7. The standard InChI is InChI=1S/C24H21ClN5OPS/c1-17-22-23(30(28-17)21-7-3-2-4-8-21)27-24(31-32(22,33)29-13-5-6-14-29)19(16-26)15-18-9-11-20(25)12-10-18/h2-4,7-12,15H,5-6,13-14H2,1H3. The zero-order valence-corrected chi connectivity index (χ0v) is 20.4. The number of nitriles is 1. The summed E-state index contributed by atoms with van der Waals surface area (Å²) in [4.78, 5) is 4.81. The molecule has 2 aliphatic rings. The Bertz CT molecular complexity index is 1350. The Hall–Kier alpha value is -2.75. The fourth-order valence-electron chi connectivity index (χ4n) is 4.11. The van der Waals surface area contributed by atoms with Crippen LogP contribution >= 0.6 is 18.0 Å². The van der Waals surface area contributed by atoms with Crippen molar-refractivity contribution in [2.24, 2.45) is 4.99 Å². The van der Waals surface area contributed by atoms with Crippen molar-refractivity contribution in [3.8, 4) is 11.8 Å². The summed E-state index contributed by atoms with van der Waals surface area (Å²) in [5.41, 5.74) is 2.84. The van der Waals surface area contributed by atoms with Crippen molar-refractivity contribution in [1.29, 1.82) is 5.26 Å². The number of halogens is 1. The maximum Gasteiger partial charge on any atom is 0.238 e. The van der Waals surface area contributed by atoms with Crippen molar-refractivity contribution in [2.45, 2.75) is 19.8 Å². The predicted octanol–water partition coefficient (Wildman–Crippen LogP) is 5.53. The van der Waals surface area contributed by atoms with E-state index in [0.717, 1.165) is 48.2 Å². The molecule has 2 aliphatic heterocycles. The van der Waals surface area contributed by atoms with Crippen LogP contribution in [0.1, 0.15) is 24.1 Å². The minimum Gasteiger partial charge on any atom is -0.430 e. The number of aromatic nitrogens is 2. The van der Waals surface area contributed by atoms with Gasteiger partial charge in [-0.25, -0.2) is 9.35 Å². The number of para-hydroxylation sites is 1. The largest absolute Gasteiger partial charge is 0.430 e. The molecule has 0 amide bonds. The van der Waals surface area contributed by atoms with Crippen LogP contribution in [0, 0.1) is 18.3 Å². The number of fused-ring (bicyclic) bond motifs is 1. The second-order valence-electron chi connectivity index (χ2n) is 7.92. The van der Waals surface area contributed by atoms with E-state index in [1.165, 1.54) is 0 Å². The van der Waals surface area contributed by atoms with Gasteiger partial charge in [0.1, 0.15) is 16.9 Å². The minimum absolute atomic E-state index is 0.243. The zero-order chi connectivity index (χ0) is 23.0. The average Bonchev–Trinajstić information content (AvgIpc) is 3.48. The molecule has 1 saturated heterocycles. The summed E-state index contributed by atoms with van der Waals surface area (Å²) in [5, 5.41) is 16.3. The number of benzene rings is 2. The van der Waals surface area contributed by atoms with E-state index in [9.17, 15) is 5.26 Å². The molecule has 166 valence electrons. The summed E-state index contributed by atoms with van der Waals surface area (Å²) in [6, 6.07) is 19.4. The van der Waals surface area contributed by atoms with Crippen LogP contribution in [-0.4, -0.2) is 33.4 Å². The monoisotopic (exact) mass is 493 g/mol. The maximum atomic E-state index is 10.0. The van der Waals surface area contributed by atoms with E-state index in [1.54, 1.807) is 18.2 Å². The molecule has 1 unspecified atom stereocenters. The Balaban J connectivity index is 1.70. The lowest BCUT2D eigenvalue weighted by molar-refractivity contribution is 0.482. The predicted molar refractivity (Wildman–Crippen MR) is 136 cm³/mol. The second kappa shape index (κ2) is 8.89. The number of hydrogen-bond donors (Lipinski definition) is 0. The molecule has 6 nitrogen and oxygen atoms in total. The SMILES string of the molecule is Cc1nn(-c2ccccc2)c2c1P(=S)(N1CCCC1)OC(C(C#N)=Cc1ccc(Cl)cc1)=N2. The van der Waals surface area contributed by atoms with Gasteiger partial charge < -0.3 is 4.52 Å². The molecule has 5 rings (SSSR count). The van der Waals surface area contributed by atoms with Gasteiger partial charge in [-0.3, -0.25) is 0 Å². The van der Waals surface area contributed by atoms with Gasteiger partial charge in [0.25, 0.3) is 0 Å². The van der Waals surface area contributed by atoms with Crippen LogP contribution in [-0.2, 0) is 16.3 Å². The van der Waals surface area contributed by atoms with Gasteiger partial charge in [-0.05, 0) is 67.5 Å². The van der Waals surface area contributed by atoms with Gasteiger partial charge >= 0.3 is 0 Å². The molecule has 1 aromatic heterocycles. The summed E-state index contributed by atoms with van der Waals surface area (Å²) < 4.78 is 10.5. The molecule has 3 aromatic rings. The van der Waals surface area contributed by atoms with Gasteiger partial charge in [-0.1, -0.05) is 41.9 Å². The van der Waals surface area contributed by atoms with Crippen molar-refractivity contribution in [3.63, 3.8) is 0 Å². The van der Waals surface area contributed by atoms with E-state index in [-0.39, 0.29) is 5.90 Å². The van der Waals surface area contributed by atoms with Crippen LogP contribution < -0.4 is 5.30 Å². The molecule has 1 fully saturated rings. The highest BCUT2D eigenvalue weighted by molar-refractivity contribution is 8.15. The number of aryl methyl sites for hydroxylation is 1. The lowest BCUT2D eigenvalue weighted by Gasteiger charge is -2.34. The maximum absolute atomic E-state index is 10.0. The Labute approximate surface area is 202 Å². The van der Waals surface area contributed by atoms with Crippen LogP contribution in [0.2, 0.25) is 5.02 Å². The lowest BCUT2D eigenvalue weighted by Crippen LogP contribution is -2.30. The Kier molecular flexibility index (Phi) is 5.94. The van der Waals surface area contributed by atoms with Crippen LogP contribution in [0.3, 0.4) is 0 Å². The fraction of sp³-hybridized carbons (Fsp3) is 0.208. The smallest absolute Gasteiger partial charge is 0.238 e. The summed E-state index contributed by atoms with van der Waals surface area (Å²) in [6.07, 6.45) is 1.21. The molecule has 1 atom stereocenters. The fourth-order valence-corrected chi connectivity index (χ4v) is 8.10. The zero-order valence-electron chi connectivity index (χ0n) is 18.0. The van der Waals surface area contributed by atoms with Gasteiger partial charge in [-0.15, -0.1) is 0 Å². The summed E-state index contributed by atoms with van der Waals surface area (Å²) in [6.45, 7) is 3.68. The third-order valence-electron chi connectivity index (χ3n) is 5.69. The summed E-state index contributed by atoms with van der Waals surface area (Å²) >= 11 is 12.3. The molecule has 2 aromatic carbocycles. The van der Waals surface area contributed by atoms with Crippen molar-refractivity contribution in [1.82, 2.24) is 14.5 Å². The van der Waals surface area contributed by atoms with Crippen LogP contribution in [0.4, 0.5) is 5.82 Å². The van der Waals surface area contributed by atoms with Crippen LogP contribution in [0.25, 0.3) is 11.8 Å². The van der Waals surface area contributed by atoms with Crippen LogP contribution in [0.5, 0.6) is 0 Å². The first-order valence-electron chi connectivity index (χ1n) is 10.7. The Morgan fingerprint density at radius 1 is 1.15 bits per heavy atom. The Morgan fingerprint density at radius 3 is 2.52 bits per heavy atom. The number of hydrogen-bond acceptors (Lipinski definition) is 5. The van der Waals surface area contributed by atoms with Gasteiger partial charge in [-0.2, -0.15) is 15.4 Å². The number of rotatable bonds is 4. The molecular weight excluding hydrogens is 473 g/mol. The minimum atomic E-state index is -2.68. The molecule has 0 saturated carbocycles. The molecule has 33 heavy (non-hydrogen) atoms. The average molecular weight is 494 g/mol. The number of aliphatic imine (C=N–C) groups is 1. The van der Waals surface area contributed by atoms with Crippen molar-refractivity contribution in [2.75, 3.05) is 13.1 Å². The van der Waals surface area contributed by atoms with E-state index in [2.05, 4.69) is 10.7 Å². The molecule has 0 radical (unpaired) electrons. The highest BCUT2D eigenvalue weighted by atomic mass is 35.5. The molecule has 3 heterocycles. The van der Waals surface area contributed by atoms with Gasteiger partial charge in [0.15, 0.2) is 5.82 Å². The normalized spacial score (nSPS) is 20.6. The molecular formula is C24H21ClN5OPS. The third kappa shape index (κ3) is 4.05. The first-order chi connectivity index (χ1) is 16.0. The topological polar surface area (TPSA) is 66.4 Å². The van der Waals surface area contributed by atoms with Gasteiger partial charge in [0, 0.05) is 18.1 Å². The number of nitrogens with zero attached hydrogens (tertiary/aromatic N) is 5. The lowest BCUT2D eigenvalue weighted by atomic mass is 10.1. The summed E-state index contributed by atoms with van der Waals surface area (Å²) in [5.74, 6) is 0.889. The molecule has 0 spiro atoms. The first kappa shape index (κ1) is 22.1. The second-order valence-corrected chi connectivity index (χ2v) is 12.1. The highest BCUT2D eigenvalue weighted by Crippen LogP contribution is 2.57.